The predicted octanol–water partition coefficient (Wildman–Crippen LogP) is 1.85. The van der Waals surface area contributed by atoms with Gasteiger partial charge in [-0.3, -0.25) is 4.98 Å². The van der Waals surface area contributed by atoms with Gasteiger partial charge in [0.25, 0.3) is 5.89 Å². The number of nitrogens with two attached hydrogens (primary N) is 1. The lowest BCUT2D eigenvalue weighted by atomic mass is 10.1. The van der Waals surface area contributed by atoms with E-state index in [9.17, 15) is 0 Å². The summed E-state index contributed by atoms with van der Waals surface area (Å²) in [5.41, 5.74) is 7.63. The van der Waals surface area contributed by atoms with E-state index in [4.69, 9.17) is 10.3 Å². The normalized spacial score (nSPS) is 13.3. The van der Waals surface area contributed by atoms with Crippen LogP contribution in [-0.4, -0.2) is 15.1 Å². The highest BCUT2D eigenvalue weighted by molar-refractivity contribution is 7.13. The van der Waals surface area contributed by atoms with Gasteiger partial charge in [0.15, 0.2) is 5.82 Å². The third-order valence-corrected chi connectivity index (χ3v) is 2.86. The van der Waals surface area contributed by atoms with Crippen LogP contribution in [0.25, 0.3) is 10.8 Å². The Bertz CT molecular complexity index is 423. The Kier molecular flexibility index (Phi) is 2.79. The van der Waals surface area contributed by atoms with Crippen molar-refractivity contribution in [1.29, 1.82) is 0 Å². The van der Waals surface area contributed by atoms with E-state index in [1.807, 2.05) is 13.8 Å². The maximum absolute atomic E-state index is 5.91. The monoisotopic (exact) mass is 224 g/mol. The Morgan fingerprint density at radius 2 is 2.27 bits per heavy atom. The lowest BCUT2D eigenvalue weighted by molar-refractivity contribution is 0.400. The highest BCUT2D eigenvalue weighted by Crippen LogP contribution is 2.23. The Morgan fingerprint density at radius 3 is 2.87 bits per heavy atom. The van der Waals surface area contributed by atoms with Crippen LogP contribution in [-0.2, 0) is 0 Å². The molecule has 0 spiro atoms. The molecule has 0 saturated carbocycles. The molecule has 2 heterocycles. The first-order valence-corrected chi connectivity index (χ1v) is 5.54. The molecule has 5 nitrogen and oxygen atoms in total. The number of aromatic nitrogens is 3. The van der Waals surface area contributed by atoms with Crippen molar-refractivity contribution in [2.75, 3.05) is 0 Å². The van der Waals surface area contributed by atoms with Crippen molar-refractivity contribution in [2.45, 2.75) is 19.9 Å². The van der Waals surface area contributed by atoms with Crippen LogP contribution in [0.15, 0.2) is 16.2 Å². The van der Waals surface area contributed by atoms with Crippen molar-refractivity contribution < 1.29 is 4.52 Å². The summed E-state index contributed by atoms with van der Waals surface area (Å²) in [6.07, 6.45) is 1.70. The molecule has 6 heteroatoms. The van der Waals surface area contributed by atoms with Crippen LogP contribution < -0.4 is 5.73 Å². The molecule has 0 radical (unpaired) electrons. The Morgan fingerprint density at radius 1 is 1.47 bits per heavy atom. The van der Waals surface area contributed by atoms with E-state index < -0.39 is 0 Å². The van der Waals surface area contributed by atoms with Crippen LogP contribution in [0.5, 0.6) is 0 Å². The summed E-state index contributed by atoms with van der Waals surface area (Å²) in [6, 6.07) is -0.185. The minimum absolute atomic E-state index is 0.185. The van der Waals surface area contributed by atoms with E-state index in [0.29, 0.717) is 11.7 Å². The van der Waals surface area contributed by atoms with Crippen LogP contribution in [0.1, 0.15) is 25.7 Å². The Balaban J connectivity index is 2.25. The fourth-order valence-electron chi connectivity index (χ4n) is 1.09. The van der Waals surface area contributed by atoms with Gasteiger partial charge in [0.2, 0.25) is 0 Å². The molecule has 0 aromatic carbocycles. The molecule has 1 unspecified atom stereocenters. The maximum Gasteiger partial charge on any atom is 0.269 e. The van der Waals surface area contributed by atoms with E-state index in [0.717, 1.165) is 4.88 Å². The molecular formula is C9H12N4OS. The van der Waals surface area contributed by atoms with Crippen molar-refractivity contribution in [2.24, 2.45) is 11.7 Å². The molecule has 2 aromatic rings. The highest BCUT2D eigenvalue weighted by atomic mass is 32.1. The molecule has 0 aliphatic rings. The van der Waals surface area contributed by atoms with Gasteiger partial charge in [-0.05, 0) is 5.92 Å². The smallest absolute Gasteiger partial charge is 0.269 e. The molecule has 0 amide bonds. The lowest BCUT2D eigenvalue weighted by Crippen LogP contribution is -2.18. The average Bonchev–Trinajstić information content (AvgIpc) is 2.86. The first kappa shape index (κ1) is 10.3. The van der Waals surface area contributed by atoms with E-state index in [1.165, 1.54) is 11.3 Å². The minimum atomic E-state index is -0.185. The van der Waals surface area contributed by atoms with Crippen LogP contribution in [0.4, 0.5) is 0 Å². The average molecular weight is 224 g/mol. The Hall–Kier alpha value is -1.27. The van der Waals surface area contributed by atoms with Crippen LogP contribution in [0, 0.1) is 5.92 Å². The molecule has 0 fully saturated rings. The van der Waals surface area contributed by atoms with Crippen molar-refractivity contribution in [1.82, 2.24) is 15.1 Å². The van der Waals surface area contributed by atoms with Gasteiger partial charge >= 0.3 is 0 Å². The van der Waals surface area contributed by atoms with E-state index in [1.54, 1.807) is 11.7 Å². The molecule has 2 rings (SSSR count). The van der Waals surface area contributed by atoms with E-state index >= 15 is 0 Å². The van der Waals surface area contributed by atoms with Gasteiger partial charge in [-0.1, -0.05) is 19.0 Å². The quantitative estimate of drug-likeness (QED) is 0.860. The minimum Gasteiger partial charge on any atom is -0.333 e. The van der Waals surface area contributed by atoms with Crippen LogP contribution in [0.2, 0.25) is 0 Å². The zero-order valence-electron chi connectivity index (χ0n) is 8.54. The number of thiazole rings is 1. The van der Waals surface area contributed by atoms with Gasteiger partial charge in [-0.2, -0.15) is 4.98 Å². The summed E-state index contributed by atoms with van der Waals surface area (Å²) in [5, 5.41) is 3.86. The van der Waals surface area contributed by atoms with Crippen LogP contribution >= 0.6 is 11.3 Å². The number of hydrogen-bond acceptors (Lipinski definition) is 6. The zero-order chi connectivity index (χ0) is 10.8. The molecule has 1 atom stereocenters. The van der Waals surface area contributed by atoms with Gasteiger partial charge in [-0.25, -0.2) is 0 Å². The molecule has 0 aliphatic carbocycles. The van der Waals surface area contributed by atoms with Crippen molar-refractivity contribution >= 4 is 11.3 Å². The molecular weight excluding hydrogens is 212 g/mol. The predicted molar refractivity (Wildman–Crippen MR) is 57.2 cm³/mol. The molecule has 2 N–H and O–H groups in total. The maximum atomic E-state index is 5.91. The van der Waals surface area contributed by atoms with Crippen molar-refractivity contribution in [3.63, 3.8) is 0 Å². The third kappa shape index (κ3) is 2.05. The lowest BCUT2D eigenvalue weighted by Gasteiger charge is -2.09. The SMILES string of the molecule is CC(C)C(N)c1noc(-c2cncs2)n1. The van der Waals surface area contributed by atoms with Crippen molar-refractivity contribution in [3.05, 3.63) is 17.5 Å². The fraction of sp³-hybridized carbons (Fsp3) is 0.444. The summed E-state index contributed by atoms with van der Waals surface area (Å²) in [6.45, 7) is 4.04. The molecule has 80 valence electrons. The summed E-state index contributed by atoms with van der Waals surface area (Å²) >= 11 is 1.46. The second kappa shape index (κ2) is 4.08. The van der Waals surface area contributed by atoms with Gasteiger partial charge in [-0.15, -0.1) is 11.3 Å². The number of nitrogens with zero attached hydrogens (tertiary/aromatic N) is 3. The number of hydrogen-bond donors (Lipinski definition) is 1. The molecule has 2 aromatic heterocycles. The number of rotatable bonds is 3. The largest absolute Gasteiger partial charge is 0.333 e. The van der Waals surface area contributed by atoms with Crippen LogP contribution in [0.3, 0.4) is 0 Å². The first-order chi connectivity index (χ1) is 7.18. The van der Waals surface area contributed by atoms with E-state index in [-0.39, 0.29) is 12.0 Å². The summed E-state index contributed by atoms with van der Waals surface area (Å²) in [7, 11) is 0. The topological polar surface area (TPSA) is 77.8 Å². The Labute approximate surface area is 91.3 Å². The second-order valence-corrected chi connectivity index (χ2v) is 4.48. The van der Waals surface area contributed by atoms with E-state index in [2.05, 4.69) is 15.1 Å². The summed E-state index contributed by atoms with van der Waals surface area (Å²) < 4.78 is 5.11. The van der Waals surface area contributed by atoms with Gasteiger partial charge < -0.3 is 10.3 Å². The highest BCUT2D eigenvalue weighted by Gasteiger charge is 2.18. The van der Waals surface area contributed by atoms with Gasteiger partial charge in [0.1, 0.15) is 4.88 Å². The molecule has 0 saturated heterocycles. The molecule has 15 heavy (non-hydrogen) atoms. The summed E-state index contributed by atoms with van der Waals surface area (Å²) in [5.74, 6) is 1.33. The van der Waals surface area contributed by atoms with Gasteiger partial charge in [0.05, 0.1) is 17.7 Å². The first-order valence-electron chi connectivity index (χ1n) is 4.66. The summed E-state index contributed by atoms with van der Waals surface area (Å²) in [4.78, 5) is 9.05. The third-order valence-electron chi connectivity index (χ3n) is 2.10. The second-order valence-electron chi connectivity index (χ2n) is 3.59. The van der Waals surface area contributed by atoms with Gasteiger partial charge in [0, 0.05) is 0 Å². The standard InChI is InChI=1S/C9H12N4OS/c1-5(2)7(10)8-12-9(14-13-8)6-3-11-4-15-6/h3-5,7H,10H2,1-2H3. The van der Waals surface area contributed by atoms with Crippen molar-refractivity contribution in [3.8, 4) is 10.8 Å². The fourth-order valence-corrected chi connectivity index (χ4v) is 1.63. The molecule has 0 bridgehead atoms. The zero-order valence-corrected chi connectivity index (χ0v) is 9.36. The molecule has 0 aliphatic heterocycles.